The van der Waals surface area contributed by atoms with Gasteiger partial charge in [-0.05, 0) is 23.8 Å². The van der Waals surface area contributed by atoms with E-state index in [4.69, 9.17) is 9.84 Å². The molecule has 0 saturated carbocycles. The van der Waals surface area contributed by atoms with E-state index >= 15 is 0 Å². The summed E-state index contributed by atoms with van der Waals surface area (Å²) in [4.78, 5) is 6.50. The Morgan fingerprint density at radius 2 is 2.16 bits per heavy atom. The van der Waals surface area contributed by atoms with Crippen LogP contribution in [0.3, 0.4) is 0 Å². The predicted octanol–water partition coefficient (Wildman–Crippen LogP) is 1.68. The molecule has 102 valence electrons. The highest BCUT2D eigenvalue weighted by molar-refractivity contribution is 5.78. The second-order valence-corrected chi connectivity index (χ2v) is 4.52. The van der Waals surface area contributed by atoms with Crippen LogP contribution in [0.25, 0.3) is 10.9 Å². The first-order chi connectivity index (χ1) is 9.33. The summed E-state index contributed by atoms with van der Waals surface area (Å²) in [5.41, 5.74) is 2.24. The molecule has 1 aromatic heterocycles. The van der Waals surface area contributed by atoms with Crippen molar-refractivity contribution in [1.29, 1.82) is 0 Å². The van der Waals surface area contributed by atoms with E-state index in [-0.39, 0.29) is 6.61 Å². The molecule has 0 unspecified atom stereocenters. The lowest BCUT2D eigenvalue weighted by Crippen LogP contribution is -2.29. The van der Waals surface area contributed by atoms with Gasteiger partial charge >= 0.3 is 0 Å². The molecule has 0 aliphatic carbocycles. The van der Waals surface area contributed by atoms with Gasteiger partial charge in [0.15, 0.2) is 0 Å². The summed E-state index contributed by atoms with van der Waals surface area (Å²) in [5.74, 6) is 0. The summed E-state index contributed by atoms with van der Waals surface area (Å²) in [6.07, 6.45) is 1.80. The molecule has 0 amide bonds. The third-order valence-electron chi connectivity index (χ3n) is 3.10. The van der Waals surface area contributed by atoms with Gasteiger partial charge < -0.3 is 9.84 Å². The molecule has 1 aromatic carbocycles. The van der Waals surface area contributed by atoms with Crippen LogP contribution >= 0.6 is 0 Å². The Morgan fingerprint density at radius 1 is 1.26 bits per heavy atom. The second-order valence-electron chi connectivity index (χ2n) is 4.52. The molecular weight excluding hydrogens is 240 g/mol. The highest BCUT2D eigenvalue weighted by Crippen LogP contribution is 2.14. The Labute approximate surface area is 113 Å². The maximum Gasteiger partial charge on any atom is 0.0702 e. The maximum absolute atomic E-state index is 9.09. The fourth-order valence-electron chi connectivity index (χ4n) is 2.11. The summed E-state index contributed by atoms with van der Waals surface area (Å²) in [5, 5.41) is 10.2. The molecule has 0 aliphatic rings. The first-order valence-electron chi connectivity index (χ1n) is 6.49. The number of benzene rings is 1. The van der Waals surface area contributed by atoms with Gasteiger partial charge in [0.1, 0.15) is 0 Å². The van der Waals surface area contributed by atoms with Gasteiger partial charge in [-0.2, -0.15) is 0 Å². The average Bonchev–Trinajstić information content (AvgIpc) is 2.45. The van der Waals surface area contributed by atoms with Crippen LogP contribution in [0.1, 0.15) is 5.56 Å². The number of hydrogen-bond donors (Lipinski definition) is 1. The third-order valence-corrected chi connectivity index (χ3v) is 3.10. The molecule has 0 spiro atoms. The van der Waals surface area contributed by atoms with Crippen molar-refractivity contribution in [3.63, 3.8) is 0 Å². The molecule has 0 radical (unpaired) electrons. The maximum atomic E-state index is 9.09. The lowest BCUT2D eigenvalue weighted by Gasteiger charge is -2.21. The quantitative estimate of drug-likeness (QED) is 0.822. The monoisotopic (exact) mass is 260 g/mol. The third kappa shape index (κ3) is 3.99. The van der Waals surface area contributed by atoms with Crippen molar-refractivity contribution in [3.8, 4) is 0 Å². The number of ether oxygens (including phenoxy) is 1. The topological polar surface area (TPSA) is 45.6 Å². The summed E-state index contributed by atoms with van der Waals surface area (Å²) in [7, 11) is 1.69. The van der Waals surface area contributed by atoms with Crippen LogP contribution in [-0.4, -0.2) is 48.4 Å². The van der Waals surface area contributed by atoms with Crippen molar-refractivity contribution in [2.24, 2.45) is 0 Å². The molecule has 0 bridgehead atoms. The molecule has 4 heteroatoms. The highest BCUT2D eigenvalue weighted by atomic mass is 16.5. The van der Waals surface area contributed by atoms with Crippen LogP contribution in [0.15, 0.2) is 36.5 Å². The van der Waals surface area contributed by atoms with Crippen LogP contribution < -0.4 is 0 Å². The Bertz CT molecular complexity index is 516. The minimum atomic E-state index is 0.166. The van der Waals surface area contributed by atoms with Gasteiger partial charge in [-0.1, -0.05) is 12.1 Å². The number of fused-ring (bicyclic) bond motifs is 1. The number of pyridine rings is 1. The lowest BCUT2D eigenvalue weighted by molar-refractivity contribution is 0.127. The molecule has 2 aromatic rings. The van der Waals surface area contributed by atoms with Gasteiger partial charge in [-0.25, -0.2) is 0 Å². The molecule has 0 atom stereocenters. The van der Waals surface area contributed by atoms with Crippen molar-refractivity contribution < 1.29 is 9.84 Å². The smallest absolute Gasteiger partial charge is 0.0702 e. The van der Waals surface area contributed by atoms with E-state index in [0.717, 1.165) is 24.0 Å². The van der Waals surface area contributed by atoms with E-state index < -0.39 is 0 Å². The van der Waals surface area contributed by atoms with Gasteiger partial charge in [-0.15, -0.1) is 0 Å². The van der Waals surface area contributed by atoms with Gasteiger partial charge in [0.25, 0.3) is 0 Å². The Kier molecular flexibility index (Phi) is 5.27. The van der Waals surface area contributed by atoms with E-state index in [1.807, 2.05) is 12.1 Å². The van der Waals surface area contributed by atoms with Gasteiger partial charge in [-0.3, -0.25) is 9.88 Å². The second kappa shape index (κ2) is 7.19. The first kappa shape index (κ1) is 13.9. The van der Waals surface area contributed by atoms with E-state index in [2.05, 4.69) is 28.1 Å². The van der Waals surface area contributed by atoms with E-state index in [1.54, 1.807) is 13.3 Å². The van der Waals surface area contributed by atoms with Crippen LogP contribution in [-0.2, 0) is 11.3 Å². The number of aliphatic hydroxyl groups excluding tert-OH is 1. The summed E-state index contributed by atoms with van der Waals surface area (Å²) in [6, 6.07) is 10.3. The van der Waals surface area contributed by atoms with E-state index in [0.29, 0.717) is 13.2 Å². The SMILES string of the molecule is COCCN(CCO)Cc1ccc2ncccc2c1. The largest absolute Gasteiger partial charge is 0.395 e. The van der Waals surface area contributed by atoms with Crippen molar-refractivity contribution in [1.82, 2.24) is 9.88 Å². The predicted molar refractivity (Wildman–Crippen MR) is 76.0 cm³/mol. The van der Waals surface area contributed by atoms with E-state index in [9.17, 15) is 0 Å². The summed E-state index contributed by atoms with van der Waals surface area (Å²) >= 11 is 0. The average molecular weight is 260 g/mol. The van der Waals surface area contributed by atoms with Crippen LogP contribution in [0, 0.1) is 0 Å². The fourth-order valence-corrected chi connectivity index (χ4v) is 2.11. The molecule has 0 aliphatic heterocycles. The van der Waals surface area contributed by atoms with Crippen molar-refractivity contribution in [2.45, 2.75) is 6.54 Å². The van der Waals surface area contributed by atoms with Crippen LogP contribution in [0.5, 0.6) is 0 Å². The highest BCUT2D eigenvalue weighted by Gasteiger charge is 2.06. The minimum absolute atomic E-state index is 0.166. The molecule has 19 heavy (non-hydrogen) atoms. The molecule has 1 N–H and O–H groups in total. The zero-order valence-electron chi connectivity index (χ0n) is 11.2. The zero-order chi connectivity index (χ0) is 13.5. The van der Waals surface area contributed by atoms with Crippen LogP contribution in [0.4, 0.5) is 0 Å². The molecule has 2 rings (SSSR count). The van der Waals surface area contributed by atoms with Crippen molar-refractivity contribution >= 4 is 10.9 Å². The van der Waals surface area contributed by atoms with Gasteiger partial charge in [0.2, 0.25) is 0 Å². The first-order valence-corrected chi connectivity index (χ1v) is 6.49. The lowest BCUT2D eigenvalue weighted by atomic mass is 10.1. The molecule has 0 fully saturated rings. The molecule has 0 saturated heterocycles. The number of hydrogen-bond acceptors (Lipinski definition) is 4. The number of aliphatic hydroxyl groups is 1. The summed E-state index contributed by atoms with van der Waals surface area (Å²) < 4.78 is 5.09. The Hall–Kier alpha value is -1.49. The Morgan fingerprint density at radius 3 is 2.95 bits per heavy atom. The standard InChI is InChI=1S/C15H20N2O2/c1-19-10-8-17(7-9-18)12-13-4-5-15-14(11-13)3-2-6-16-15/h2-6,11,18H,7-10,12H2,1H3. The Balaban J connectivity index is 2.09. The summed E-state index contributed by atoms with van der Waals surface area (Å²) in [6.45, 7) is 3.14. The minimum Gasteiger partial charge on any atom is -0.395 e. The van der Waals surface area contributed by atoms with Crippen LogP contribution in [0.2, 0.25) is 0 Å². The number of aromatic nitrogens is 1. The van der Waals surface area contributed by atoms with Gasteiger partial charge in [0.05, 0.1) is 18.7 Å². The number of methoxy groups -OCH3 is 1. The molecule has 4 nitrogen and oxygen atoms in total. The van der Waals surface area contributed by atoms with Gasteiger partial charge in [0, 0.05) is 38.3 Å². The fraction of sp³-hybridized carbons (Fsp3) is 0.400. The van der Waals surface area contributed by atoms with Crippen molar-refractivity contribution in [3.05, 3.63) is 42.1 Å². The van der Waals surface area contributed by atoms with E-state index in [1.165, 1.54) is 5.56 Å². The molecular formula is C15H20N2O2. The van der Waals surface area contributed by atoms with Crippen molar-refractivity contribution in [2.75, 3.05) is 33.4 Å². The number of nitrogens with zero attached hydrogens (tertiary/aromatic N) is 2. The molecule has 1 heterocycles. The zero-order valence-corrected chi connectivity index (χ0v) is 11.2. The number of rotatable bonds is 7. The normalized spacial score (nSPS) is 11.3.